The quantitative estimate of drug-likeness (QED) is 0.630. The Kier molecular flexibility index (Phi) is 6.71. The number of hydrogen-bond donors (Lipinski definition) is 0. The highest BCUT2D eigenvalue weighted by molar-refractivity contribution is 5.91. The summed E-state index contributed by atoms with van der Waals surface area (Å²) in [5.74, 6) is 0.437. The molecule has 2 heterocycles. The molecule has 3 rings (SSSR count). The van der Waals surface area contributed by atoms with Crippen molar-refractivity contribution in [3.63, 3.8) is 0 Å². The Hall–Kier alpha value is -2.64. The molecular weight excluding hydrogens is 370 g/mol. The number of rotatable bonds is 8. The number of allylic oxidation sites excluding steroid dienone is 1. The summed E-state index contributed by atoms with van der Waals surface area (Å²) in [7, 11) is 3.10. The topological polar surface area (TPSA) is 82.1 Å². The van der Waals surface area contributed by atoms with Gasteiger partial charge in [0, 0.05) is 45.8 Å². The number of carbonyl (C=O) groups excluding carboxylic acids is 1. The van der Waals surface area contributed by atoms with Crippen molar-refractivity contribution in [2.24, 2.45) is 20.0 Å². The first-order chi connectivity index (χ1) is 13.9. The number of aromatic nitrogens is 4. The van der Waals surface area contributed by atoms with E-state index < -0.39 is 0 Å². The maximum atomic E-state index is 12.5. The van der Waals surface area contributed by atoms with Crippen LogP contribution >= 0.6 is 0 Å². The van der Waals surface area contributed by atoms with Crippen LogP contribution in [0.1, 0.15) is 45.4 Å². The molecule has 0 saturated heterocycles. The second-order valence-electron chi connectivity index (χ2n) is 7.85. The molecular formula is C21H31N5O3. The van der Waals surface area contributed by atoms with Crippen molar-refractivity contribution in [2.45, 2.75) is 52.0 Å². The summed E-state index contributed by atoms with van der Waals surface area (Å²) in [6.07, 6.45) is 11.6. The van der Waals surface area contributed by atoms with Crippen LogP contribution in [0.3, 0.4) is 0 Å². The van der Waals surface area contributed by atoms with Crippen molar-refractivity contribution in [1.29, 1.82) is 0 Å². The Balaban J connectivity index is 1.62. The highest BCUT2D eigenvalue weighted by Crippen LogP contribution is 2.24. The van der Waals surface area contributed by atoms with Crippen molar-refractivity contribution < 1.29 is 4.79 Å². The zero-order valence-corrected chi connectivity index (χ0v) is 17.6. The Morgan fingerprint density at radius 1 is 1.21 bits per heavy atom. The number of hydrogen-bond acceptors (Lipinski definition) is 5. The zero-order chi connectivity index (χ0) is 21.0. The van der Waals surface area contributed by atoms with Gasteiger partial charge in [-0.1, -0.05) is 19.3 Å². The molecule has 0 unspecified atom stereocenters. The summed E-state index contributed by atoms with van der Waals surface area (Å²) < 4.78 is 4.31. The average Bonchev–Trinajstić information content (AvgIpc) is 3.17. The van der Waals surface area contributed by atoms with Crippen LogP contribution in [-0.4, -0.2) is 42.5 Å². The molecule has 0 radical (unpaired) electrons. The van der Waals surface area contributed by atoms with Crippen molar-refractivity contribution in [3.05, 3.63) is 39.4 Å². The third-order valence-corrected chi connectivity index (χ3v) is 5.92. The SMILES string of the molecule is CCN(/C=C/C(=O)C1CCCCC1)CCCn1cnc2c1c(=O)n(C)c(=O)n2C. The van der Waals surface area contributed by atoms with Gasteiger partial charge in [-0.3, -0.25) is 18.7 Å². The van der Waals surface area contributed by atoms with Crippen LogP contribution in [0, 0.1) is 5.92 Å². The fourth-order valence-corrected chi connectivity index (χ4v) is 4.05. The maximum Gasteiger partial charge on any atom is 0.332 e. The molecule has 1 aliphatic carbocycles. The number of imidazole rings is 1. The second-order valence-corrected chi connectivity index (χ2v) is 7.85. The number of carbonyl (C=O) groups is 1. The molecule has 29 heavy (non-hydrogen) atoms. The molecule has 1 aliphatic rings. The van der Waals surface area contributed by atoms with E-state index in [9.17, 15) is 14.4 Å². The van der Waals surface area contributed by atoms with Gasteiger partial charge in [-0.05, 0) is 32.3 Å². The molecule has 0 atom stereocenters. The smallest absolute Gasteiger partial charge is 0.332 e. The molecule has 2 aromatic rings. The molecule has 0 aromatic carbocycles. The third kappa shape index (κ3) is 4.52. The van der Waals surface area contributed by atoms with Gasteiger partial charge in [-0.25, -0.2) is 9.78 Å². The summed E-state index contributed by atoms with van der Waals surface area (Å²) in [4.78, 5) is 43.3. The van der Waals surface area contributed by atoms with Gasteiger partial charge in [0.1, 0.15) is 0 Å². The second kappa shape index (κ2) is 9.24. The standard InChI is InChI=1S/C21H31N5O3/c1-4-25(14-11-17(27)16-9-6-5-7-10-16)12-8-13-26-15-22-19-18(26)20(28)24(3)21(29)23(19)2/h11,14-16H,4-10,12-13H2,1-3H3/b14-11+. The summed E-state index contributed by atoms with van der Waals surface area (Å²) in [5.41, 5.74) is 0.146. The molecule has 158 valence electrons. The minimum Gasteiger partial charge on any atom is -0.377 e. The first-order valence-electron chi connectivity index (χ1n) is 10.5. The monoisotopic (exact) mass is 401 g/mol. The van der Waals surface area contributed by atoms with Gasteiger partial charge in [0.05, 0.1) is 6.33 Å². The lowest BCUT2D eigenvalue weighted by atomic mass is 9.86. The van der Waals surface area contributed by atoms with Gasteiger partial charge < -0.3 is 9.47 Å². The van der Waals surface area contributed by atoms with Crippen molar-refractivity contribution >= 4 is 16.9 Å². The van der Waals surface area contributed by atoms with Crippen LogP contribution in [0.15, 0.2) is 28.2 Å². The van der Waals surface area contributed by atoms with Gasteiger partial charge in [-0.2, -0.15) is 0 Å². The van der Waals surface area contributed by atoms with E-state index in [4.69, 9.17) is 0 Å². The summed E-state index contributed by atoms with van der Waals surface area (Å²) in [5, 5.41) is 0. The Labute approximate surface area is 170 Å². The molecule has 8 heteroatoms. The van der Waals surface area contributed by atoms with Gasteiger partial charge in [0.15, 0.2) is 16.9 Å². The predicted octanol–water partition coefficient (Wildman–Crippen LogP) is 1.81. The Morgan fingerprint density at radius 3 is 2.62 bits per heavy atom. The first-order valence-corrected chi connectivity index (χ1v) is 10.5. The molecule has 8 nitrogen and oxygen atoms in total. The van der Waals surface area contributed by atoms with Gasteiger partial charge in [-0.15, -0.1) is 0 Å². The van der Waals surface area contributed by atoms with Crippen LogP contribution in [-0.2, 0) is 25.4 Å². The molecule has 1 fully saturated rings. The van der Waals surface area contributed by atoms with E-state index in [-0.39, 0.29) is 23.0 Å². The summed E-state index contributed by atoms with van der Waals surface area (Å²) >= 11 is 0. The fourth-order valence-electron chi connectivity index (χ4n) is 4.05. The highest BCUT2D eigenvalue weighted by atomic mass is 16.2. The lowest BCUT2D eigenvalue weighted by Crippen LogP contribution is -2.37. The average molecular weight is 402 g/mol. The molecule has 0 N–H and O–H groups in total. The lowest BCUT2D eigenvalue weighted by Gasteiger charge is -2.20. The number of fused-ring (bicyclic) bond motifs is 1. The largest absolute Gasteiger partial charge is 0.377 e. The zero-order valence-electron chi connectivity index (χ0n) is 17.6. The van der Waals surface area contributed by atoms with E-state index in [2.05, 4.69) is 16.8 Å². The van der Waals surface area contributed by atoms with Crippen LogP contribution in [0.4, 0.5) is 0 Å². The molecule has 0 amide bonds. The minimum absolute atomic E-state index is 0.193. The number of ketones is 1. The Bertz CT molecular complexity index is 1010. The lowest BCUT2D eigenvalue weighted by molar-refractivity contribution is -0.119. The third-order valence-electron chi connectivity index (χ3n) is 5.92. The van der Waals surface area contributed by atoms with Crippen molar-refractivity contribution in [2.75, 3.05) is 13.1 Å². The van der Waals surface area contributed by atoms with E-state index in [1.54, 1.807) is 19.5 Å². The summed E-state index contributed by atoms with van der Waals surface area (Å²) in [6, 6.07) is 0. The predicted molar refractivity (Wildman–Crippen MR) is 113 cm³/mol. The normalized spacial score (nSPS) is 15.4. The maximum absolute atomic E-state index is 12.5. The van der Waals surface area contributed by atoms with Crippen LogP contribution in [0.5, 0.6) is 0 Å². The highest BCUT2D eigenvalue weighted by Gasteiger charge is 2.19. The van der Waals surface area contributed by atoms with Crippen molar-refractivity contribution in [1.82, 2.24) is 23.6 Å². The first kappa shape index (κ1) is 21.1. The van der Waals surface area contributed by atoms with E-state index in [1.165, 1.54) is 18.0 Å². The molecule has 0 aliphatic heterocycles. The fraction of sp³-hybridized carbons (Fsp3) is 0.619. The van der Waals surface area contributed by atoms with E-state index in [0.717, 1.165) is 49.8 Å². The number of aryl methyl sites for hydroxylation is 2. The van der Waals surface area contributed by atoms with Gasteiger partial charge in [0.2, 0.25) is 0 Å². The number of nitrogens with zero attached hydrogens (tertiary/aromatic N) is 5. The molecule has 0 spiro atoms. The van der Waals surface area contributed by atoms with Gasteiger partial charge in [0.25, 0.3) is 5.56 Å². The van der Waals surface area contributed by atoms with E-state index in [1.807, 2.05) is 10.8 Å². The molecule has 2 aromatic heterocycles. The minimum atomic E-state index is -0.377. The molecule has 0 bridgehead atoms. The van der Waals surface area contributed by atoms with E-state index >= 15 is 0 Å². The van der Waals surface area contributed by atoms with Crippen LogP contribution in [0.2, 0.25) is 0 Å². The summed E-state index contributed by atoms with van der Waals surface area (Å²) in [6.45, 7) is 4.27. The van der Waals surface area contributed by atoms with E-state index in [0.29, 0.717) is 17.7 Å². The Morgan fingerprint density at radius 2 is 1.93 bits per heavy atom. The van der Waals surface area contributed by atoms with Crippen LogP contribution < -0.4 is 11.2 Å². The van der Waals surface area contributed by atoms with Crippen molar-refractivity contribution in [3.8, 4) is 0 Å². The molecule has 1 saturated carbocycles. The van der Waals surface area contributed by atoms with Gasteiger partial charge >= 0.3 is 5.69 Å². The van der Waals surface area contributed by atoms with Crippen LogP contribution in [0.25, 0.3) is 11.2 Å².